The van der Waals surface area contributed by atoms with Gasteiger partial charge in [-0.05, 0) is 38.7 Å². The number of amides is 1. The minimum atomic E-state index is -3.06. The summed E-state index contributed by atoms with van der Waals surface area (Å²) in [5, 5.41) is 14.0. The van der Waals surface area contributed by atoms with Gasteiger partial charge in [-0.25, -0.2) is 19.6 Å². The van der Waals surface area contributed by atoms with E-state index < -0.39 is 8.25 Å². The van der Waals surface area contributed by atoms with Crippen LogP contribution in [0.4, 0.5) is 5.69 Å². The molecule has 5 rings (SSSR count). The van der Waals surface area contributed by atoms with Crippen LogP contribution in [0.15, 0.2) is 42.4 Å². The van der Waals surface area contributed by atoms with Gasteiger partial charge in [-0.1, -0.05) is 0 Å². The number of rotatable bonds is 10. The van der Waals surface area contributed by atoms with Crippen LogP contribution in [0.1, 0.15) is 49.1 Å². The quantitative estimate of drug-likeness (QED) is 0.274. The van der Waals surface area contributed by atoms with Crippen LogP contribution in [-0.2, 0) is 20.6 Å². The summed E-state index contributed by atoms with van der Waals surface area (Å²) in [4.78, 5) is 35.1. The van der Waals surface area contributed by atoms with Crippen LogP contribution < -0.4 is 5.32 Å². The molecule has 38 heavy (non-hydrogen) atoms. The van der Waals surface area contributed by atoms with E-state index in [4.69, 9.17) is 19.3 Å². The van der Waals surface area contributed by atoms with Gasteiger partial charge in [-0.15, -0.1) is 11.3 Å². The zero-order valence-electron chi connectivity index (χ0n) is 20.6. The molecule has 4 aromatic rings. The summed E-state index contributed by atoms with van der Waals surface area (Å²) in [5.74, 6) is 0.0301. The van der Waals surface area contributed by atoms with Gasteiger partial charge in [0.05, 0.1) is 24.0 Å². The van der Waals surface area contributed by atoms with Gasteiger partial charge in [-0.2, -0.15) is 10.2 Å². The molecule has 4 heterocycles. The number of anilines is 1. The summed E-state index contributed by atoms with van der Waals surface area (Å²) < 4.78 is 24.5. The van der Waals surface area contributed by atoms with Crippen LogP contribution in [0.2, 0.25) is 0 Å². The molecule has 13 nitrogen and oxygen atoms in total. The van der Waals surface area contributed by atoms with Crippen molar-refractivity contribution in [2.45, 2.75) is 51.5 Å². The van der Waals surface area contributed by atoms with Crippen molar-refractivity contribution in [3.63, 3.8) is 0 Å². The zero-order valence-corrected chi connectivity index (χ0v) is 22.4. The van der Waals surface area contributed by atoms with Gasteiger partial charge in [0, 0.05) is 42.3 Å². The first-order chi connectivity index (χ1) is 18.5. The summed E-state index contributed by atoms with van der Waals surface area (Å²) in [7, 11) is -3.06. The van der Waals surface area contributed by atoms with Gasteiger partial charge in [0.1, 0.15) is 17.4 Å². The number of aromatic nitrogens is 7. The standard InChI is InChI=1S/C23H27N8O5PS/c1-2-35-17-6-4-16(5-7-17)31-12-18(20(29-31)21-24-8-3-9-25-21)27-22(32)19-13-38-23(28-19)15-10-26-30(11-15)14-36-37(33)34/h3,8-13,16-17,37H,2,4-7,14H2,1H3,(H,27,32)(H,33,34)/t16-,17-. The Balaban J connectivity index is 1.33. The molecule has 1 atom stereocenters. The van der Waals surface area contributed by atoms with E-state index in [0.717, 1.165) is 25.7 Å². The average molecular weight is 559 g/mol. The summed E-state index contributed by atoms with van der Waals surface area (Å²) in [5.41, 5.74) is 1.89. The van der Waals surface area contributed by atoms with Crippen molar-refractivity contribution in [2.75, 3.05) is 11.9 Å². The molecule has 1 aliphatic rings. The maximum absolute atomic E-state index is 13.2. The molecular weight excluding hydrogens is 531 g/mol. The highest BCUT2D eigenvalue weighted by Crippen LogP contribution is 2.33. The van der Waals surface area contributed by atoms with Gasteiger partial charge in [-0.3, -0.25) is 18.6 Å². The average Bonchev–Trinajstić information content (AvgIpc) is 3.68. The van der Waals surface area contributed by atoms with Crippen molar-refractivity contribution in [3.05, 3.63) is 48.1 Å². The smallest absolute Gasteiger partial charge is 0.318 e. The lowest BCUT2D eigenvalue weighted by atomic mass is 9.93. The lowest BCUT2D eigenvalue weighted by molar-refractivity contribution is 0.0260. The van der Waals surface area contributed by atoms with Crippen LogP contribution in [0, 0.1) is 0 Å². The van der Waals surface area contributed by atoms with Crippen molar-refractivity contribution in [2.24, 2.45) is 0 Å². The van der Waals surface area contributed by atoms with E-state index in [0.29, 0.717) is 34.4 Å². The number of hydrogen-bond donors (Lipinski definition) is 2. The number of nitrogens with one attached hydrogen (secondary N) is 1. The molecule has 0 aromatic carbocycles. The van der Waals surface area contributed by atoms with Crippen molar-refractivity contribution >= 4 is 31.2 Å². The molecule has 0 aliphatic heterocycles. The molecule has 2 N–H and O–H groups in total. The Kier molecular flexibility index (Phi) is 8.35. The topological polar surface area (TPSA) is 159 Å². The first-order valence-electron chi connectivity index (χ1n) is 12.1. The van der Waals surface area contributed by atoms with E-state index in [-0.39, 0.29) is 30.5 Å². The molecule has 0 saturated heterocycles. The number of carbonyl (C=O) groups is 1. The maximum atomic E-state index is 13.2. The van der Waals surface area contributed by atoms with Crippen LogP contribution in [-0.4, -0.2) is 58.0 Å². The fourth-order valence-electron chi connectivity index (χ4n) is 4.33. The molecule has 1 unspecified atom stereocenters. The maximum Gasteiger partial charge on any atom is 0.318 e. The number of nitrogens with zero attached hydrogens (tertiary/aromatic N) is 7. The Labute approximate surface area is 222 Å². The Morgan fingerprint density at radius 2 is 2.03 bits per heavy atom. The number of thiazole rings is 1. The Hall–Kier alpha value is -3.29. The van der Waals surface area contributed by atoms with Crippen LogP contribution >= 0.6 is 19.6 Å². The largest absolute Gasteiger partial charge is 0.379 e. The van der Waals surface area contributed by atoms with Gasteiger partial charge in [0.15, 0.2) is 11.5 Å². The molecule has 1 amide bonds. The first-order valence-corrected chi connectivity index (χ1v) is 14.3. The van der Waals surface area contributed by atoms with Gasteiger partial charge >= 0.3 is 8.25 Å². The van der Waals surface area contributed by atoms with E-state index >= 15 is 0 Å². The minimum Gasteiger partial charge on any atom is -0.379 e. The SMILES string of the molecule is CCO[C@H]1CC[C@H](n2cc(NC(=O)c3csc(-c4cnn(CO[PH](=O)O)c4)n3)c(-c3ncccn3)n2)CC1. The third-order valence-corrected chi connectivity index (χ3v) is 7.38. The van der Waals surface area contributed by atoms with Crippen LogP contribution in [0.25, 0.3) is 22.1 Å². The first kappa shape index (κ1) is 26.3. The highest BCUT2D eigenvalue weighted by atomic mass is 32.1. The second-order valence-corrected chi connectivity index (χ2v) is 10.3. The highest BCUT2D eigenvalue weighted by molar-refractivity contribution is 7.32. The van der Waals surface area contributed by atoms with E-state index in [1.807, 2.05) is 17.8 Å². The molecule has 1 saturated carbocycles. The molecule has 4 aromatic heterocycles. The number of hydrogen-bond acceptors (Lipinski definition) is 10. The molecule has 0 radical (unpaired) electrons. The lowest BCUT2D eigenvalue weighted by Crippen LogP contribution is -2.24. The third-order valence-electron chi connectivity index (χ3n) is 6.12. The van der Waals surface area contributed by atoms with Crippen molar-refractivity contribution < 1.29 is 23.5 Å². The molecule has 200 valence electrons. The lowest BCUT2D eigenvalue weighted by Gasteiger charge is -2.28. The highest BCUT2D eigenvalue weighted by Gasteiger charge is 2.26. The minimum absolute atomic E-state index is 0.158. The van der Waals surface area contributed by atoms with Crippen LogP contribution in [0.5, 0.6) is 0 Å². The molecule has 0 bridgehead atoms. The van der Waals surface area contributed by atoms with Crippen molar-refractivity contribution in [1.29, 1.82) is 0 Å². The molecule has 0 spiro atoms. The van der Waals surface area contributed by atoms with E-state index in [1.54, 1.807) is 36.2 Å². The number of ether oxygens (including phenoxy) is 1. The van der Waals surface area contributed by atoms with Crippen molar-refractivity contribution in [3.8, 4) is 22.1 Å². The molecule has 15 heteroatoms. The van der Waals surface area contributed by atoms with Gasteiger partial charge < -0.3 is 14.9 Å². The molecule has 1 fully saturated rings. The summed E-state index contributed by atoms with van der Waals surface area (Å²) in [6.45, 7) is 2.57. The van der Waals surface area contributed by atoms with E-state index in [9.17, 15) is 9.36 Å². The normalized spacial score (nSPS) is 18.4. The fourth-order valence-corrected chi connectivity index (χ4v) is 5.35. The van der Waals surface area contributed by atoms with E-state index in [2.05, 4.69) is 25.4 Å². The Morgan fingerprint density at radius 1 is 1.24 bits per heavy atom. The van der Waals surface area contributed by atoms with Gasteiger partial charge in [0.2, 0.25) is 0 Å². The predicted octanol–water partition coefficient (Wildman–Crippen LogP) is 3.79. The summed E-state index contributed by atoms with van der Waals surface area (Å²) in [6, 6.07) is 1.92. The fraction of sp³-hybridized carbons (Fsp3) is 0.391. The third kappa shape index (κ3) is 6.22. The predicted molar refractivity (Wildman–Crippen MR) is 140 cm³/mol. The Bertz CT molecular complexity index is 1400. The monoisotopic (exact) mass is 558 g/mol. The number of carbonyl (C=O) groups excluding carboxylic acids is 1. The zero-order chi connectivity index (χ0) is 26.5. The van der Waals surface area contributed by atoms with Crippen LogP contribution in [0.3, 0.4) is 0 Å². The summed E-state index contributed by atoms with van der Waals surface area (Å²) >= 11 is 1.28. The molecule has 1 aliphatic carbocycles. The van der Waals surface area contributed by atoms with E-state index in [1.165, 1.54) is 16.0 Å². The molecular formula is C23H27N8O5PS. The second kappa shape index (κ2) is 12.0. The second-order valence-electron chi connectivity index (χ2n) is 8.63. The Morgan fingerprint density at radius 3 is 2.76 bits per heavy atom. The van der Waals surface area contributed by atoms with Gasteiger partial charge in [0.25, 0.3) is 5.91 Å². The van der Waals surface area contributed by atoms with Crippen molar-refractivity contribution in [1.82, 2.24) is 34.5 Å². The summed E-state index contributed by atoms with van der Waals surface area (Å²) in [6.07, 6.45) is 12.3.